The Morgan fingerprint density at radius 1 is 1.12 bits per heavy atom. The predicted octanol–water partition coefficient (Wildman–Crippen LogP) is 6.18. The number of halogens is 5. The lowest BCUT2D eigenvalue weighted by molar-refractivity contribution is -0.137. The van der Waals surface area contributed by atoms with Crippen molar-refractivity contribution in [2.24, 2.45) is 5.92 Å². The molecule has 1 aromatic carbocycles. The smallest absolute Gasteiger partial charge is 0.416 e. The summed E-state index contributed by atoms with van der Waals surface area (Å²) in [6.45, 7) is 8.35. The summed E-state index contributed by atoms with van der Waals surface area (Å²) in [5, 5.41) is 0.373. The highest BCUT2D eigenvalue weighted by Crippen LogP contribution is 2.44. The fraction of sp³-hybridized carbons (Fsp3) is 0.469. The molecule has 3 aliphatic rings. The van der Waals surface area contributed by atoms with E-state index in [1.807, 2.05) is 9.47 Å². The molecule has 11 nitrogen and oxygen atoms in total. The Labute approximate surface area is 288 Å². The third kappa shape index (κ3) is 6.33. The zero-order valence-corrected chi connectivity index (χ0v) is 29.3. The van der Waals surface area contributed by atoms with Crippen molar-refractivity contribution in [1.29, 1.82) is 0 Å². The van der Waals surface area contributed by atoms with Gasteiger partial charge in [0.1, 0.15) is 27.9 Å². The number of fused-ring (bicyclic) bond motifs is 3. The average molecular weight is 753 g/mol. The quantitative estimate of drug-likeness (QED) is 0.315. The molecule has 0 N–H and O–H groups in total. The molecule has 1 fully saturated rings. The second kappa shape index (κ2) is 12.2. The van der Waals surface area contributed by atoms with E-state index in [-0.39, 0.29) is 37.6 Å². The van der Waals surface area contributed by atoms with Gasteiger partial charge in [0, 0.05) is 44.7 Å². The molecule has 256 valence electrons. The van der Waals surface area contributed by atoms with E-state index in [0.717, 1.165) is 17.0 Å². The first kappa shape index (κ1) is 34.0. The van der Waals surface area contributed by atoms with Crippen molar-refractivity contribution in [3.05, 3.63) is 62.7 Å². The number of hydrogen-bond donors (Lipinski definition) is 0. The molecule has 0 unspecified atom stereocenters. The Morgan fingerprint density at radius 2 is 1.85 bits per heavy atom. The number of likely N-dealkylation sites (N-methyl/N-ethyl adjacent to an activating group) is 1. The van der Waals surface area contributed by atoms with Crippen LogP contribution in [0.1, 0.15) is 50.0 Å². The monoisotopic (exact) mass is 751 g/mol. The molecule has 3 aromatic rings. The zero-order chi connectivity index (χ0) is 34.9. The second-order valence-electron chi connectivity index (χ2n) is 13.2. The molecule has 0 radical (unpaired) electrons. The Balaban J connectivity index is 1.37. The van der Waals surface area contributed by atoms with Crippen molar-refractivity contribution in [3.63, 3.8) is 0 Å². The summed E-state index contributed by atoms with van der Waals surface area (Å²) in [6, 6.07) is 5.74. The van der Waals surface area contributed by atoms with Crippen LogP contribution in [0.5, 0.6) is 0 Å². The number of ether oxygens (including phenoxy) is 1. The van der Waals surface area contributed by atoms with E-state index in [4.69, 9.17) is 21.3 Å². The Bertz CT molecular complexity index is 1810. The van der Waals surface area contributed by atoms with Gasteiger partial charge in [-0.1, -0.05) is 17.7 Å². The second-order valence-corrected chi connectivity index (χ2v) is 14.4. The number of amides is 3. The van der Waals surface area contributed by atoms with E-state index < -0.39 is 47.2 Å². The Morgan fingerprint density at radius 3 is 2.54 bits per heavy atom. The number of aryl methyl sites for hydroxylation is 1. The molecule has 3 aliphatic heterocycles. The number of imidazole rings is 1. The lowest BCUT2D eigenvalue weighted by Crippen LogP contribution is -2.52. The molecule has 1 saturated heterocycles. The first-order valence-electron chi connectivity index (χ1n) is 15.3. The first-order chi connectivity index (χ1) is 22.4. The number of pyridine rings is 1. The topological polar surface area (TPSA) is 104 Å². The van der Waals surface area contributed by atoms with Crippen LogP contribution in [-0.2, 0) is 40.1 Å². The SMILES string of the molecule is Cc1cc(C(F)(F)F)cc(N2C(=O)C[C@@H]3CN(Cc4nc5n(c4Br)CCN(C(=O)OC(C)(C)C)C5)c4c(Cl)cccc4N(C)C(=O)[C@H]32)n1. The molecule has 3 amide bonds. The van der Waals surface area contributed by atoms with Crippen LogP contribution in [0, 0.1) is 12.8 Å². The van der Waals surface area contributed by atoms with Gasteiger partial charge in [-0.3, -0.25) is 19.4 Å². The maximum absolute atomic E-state index is 14.1. The molecular formula is C32H34BrClF3N7O4. The van der Waals surface area contributed by atoms with Gasteiger partial charge in [0.15, 0.2) is 0 Å². The molecule has 0 saturated carbocycles. The Hall–Kier alpha value is -3.85. The van der Waals surface area contributed by atoms with Crippen molar-refractivity contribution in [2.75, 3.05) is 34.8 Å². The van der Waals surface area contributed by atoms with Crippen molar-refractivity contribution in [2.45, 2.75) is 71.6 Å². The van der Waals surface area contributed by atoms with Crippen LogP contribution in [0.2, 0.25) is 5.02 Å². The van der Waals surface area contributed by atoms with Crippen LogP contribution >= 0.6 is 27.5 Å². The lowest BCUT2D eigenvalue weighted by Gasteiger charge is -2.39. The van der Waals surface area contributed by atoms with Gasteiger partial charge in [-0.25, -0.2) is 14.8 Å². The molecule has 6 rings (SSSR count). The summed E-state index contributed by atoms with van der Waals surface area (Å²) in [7, 11) is 1.56. The van der Waals surface area contributed by atoms with Crippen molar-refractivity contribution < 1.29 is 32.3 Å². The predicted molar refractivity (Wildman–Crippen MR) is 176 cm³/mol. The Kier molecular flexibility index (Phi) is 8.68. The third-order valence-corrected chi connectivity index (χ3v) is 9.79. The highest BCUT2D eigenvalue weighted by Gasteiger charge is 2.49. The largest absolute Gasteiger partial charge is 0.444 e. The van der Waals surface area contributed by atoms with Gasteiger partial charge in [0.25, 0.3) is 0 Å². The van der Waals surface area contributed by atoms with Crippen LogP contribution in [0.3, 0.4) is 0 Å². The lowest BCUT2D eigenvalue weighted by atomic mass is 9.95. The first-order valence-corrected chi connectivity index (χ1v) is 16.5. The van der Waals surface area contributed by atoms with E-state index in [9.17, 15) is 27.6 Å². The number of alkyl halides is 3. The molecular weight excluding hydrogens is 719 g/mol. The molecule has 2 aromatic heterocycles. The minimum absolute atomic E-state index is 0.0697. The number of hydrogen-bond acceptors (Lipinski definition) is 7. The standard InChI is InChI=1S/C32H34BrClF3N7O4/c1-17-11-19(32(35,36)37)13-23(38-17)44-25(45)12-18-14-42(27-20(34)7-6-8-22(27)40(5)29(46)26(18)44)15-21-28(33)43-10-9-41(16-24(43)39-21)30(47)48-31(2,3)4/h6-8,11,13,18,26H,9-10,12,14-16H2,1-5H3/t18-,26+/m1/s1. The number of anilines is 3. The molecule has 2 atom stereocenters. The van der Waals surface area contributed by atoms with Crippen LogP contribution in [0.25, 0.3) is 0 Å². The average Bonchev–Trinajstić information content (AvgIpc) is 3.48. The summed E-state index contributed by atoms with van der Waals surface area (Å²) in [5.41, 5.74) is 0.137. The molecule has 0 aliphatic carbocycles. The maximum Gasteiger partial charge on any atom is 0.416 e. The summed E-state index contributed by atoms with van der Waals surface area (Å²) < 4.78 is 49.5. The fourth-order valence-corrected chi connectivity index (χ4v) is 7.41. The van der Waals surface area contributed by atoms with Crippen molar-refractivity contribution >= 4 is 62.6 Å². The molecule has 0 bridgehead atoms. The number of rotatable bonds is 3. The number of nitrogens with zero attached hydrogens (tertiary/aromatic N) is 7. The van der Waals surface area contributed by atoms with E-state index in [1.54, 1.807) is 50.9 Å². The van der Waals surface area contributed by atoms with Gasteiger partial charge in [-0.05, 0) is 67.9 Å². The summed E-state index contributed by atoms with van der Waals surface area (Å²) in [6.07, 6.45) is -5.19. The number of carbonyl (C=O) groups excluding carboxylic acids is 3. The number of aromatic nitrogens is 3. The number of carbonyl (C=O) groups is 3. The maximum atomic E-state index is 14.1. The van der Waals surface area contributed by atoms with Gasteiger partial charge in [-0.15, -0.1) is 0 Å². The van der Waals surface area contributed by atoms with Gasteiger partial charge >= 0.3 is 12.3 Å². The van der Waals surface area contributed by atoms with E-state index >= 15 is 0 Å². The summed E-state index contributed by atoms with van der Waals surface area (Å²) in [5.74, 6) is -1.16. The molecule has 48 heavy (non-hydrogen) atoms. The molecule has 5 heterocycles. The van der Waals surface area contributed by atoms with Crippen molar-refractivity contribution in [3.8, 4) is 0 Å². The van der Waals surface area contributed by atoms with Crippen molar-refractivity contribution in [1.82, 2.24) is 19.4 Å². The normalized spacial score (nSPS) is 20.0. The third-order valence-electron chi connectivity index (χ3n) is 8.59. The number of benzene rings is 1. The van der Waals surface area contributed by atoms with Gasteiger partial charge < -0.3 is 19.1 Å². The molecule has 16 heteroatoms. The van der Waals surface area contributed by atoms with Crippen LogP contribution in [0.4, 0.5) is 35.2 Å². The van der Waals surface area contributed by atoms with Crippen LogP contribution < -0.4 is 14.7 Å². The van der Waals surface area contributed by atoms with Crippen LogP contribution in [-0.4, -0.2) is 69.1 Å². The minimum atomic E-state index is -4.67. The molecule has 0 spiro atoms. The fourth-order valence-electron chi connectivity index (χ4n) is 6.52. The highest BCUT2D eigenvalue weighted by molar-refractivity contribution is 9.10. The van der Waals surface area contributed by atoms with Gasteiger partial charge in [0.2, 0.25) is 11.8 Å². The minimum Gasteiger partial charge on any atom is -0.444 e. The van der Waals surface area contributed by atoms with Gasteiger partial charge in [0.05, 0.1) is 40.7 Å². The van der Waals surface area contributed by atoms with E-state index in [1.165, 1.54) is 11.8 Å². The van der Waals surface area contributed by atoms with E-state index in [2.05, 4.69) is 20.9 Å². The number of para-hydroxylation sites is 1. The van der Waals surface area contributed by atoms with Gasteiger partial charge in [-0.2, -0.15) is 13.2 Å². The summed E-state index contributed by atoms with van der Waals surface area (Å²) in [4.78, 5) is 55.7. The van der Waals surface area contributed by atoms with E-state index in [0.29, 0.717) is 45.6 Å². The highest BCUT2D eigenvalue weighted by atomic mass is 79.9. The zero-order valence-electron chi connectivity index (χ0n) is 26.9. The van der Waals surface area contributed by atoms with Crippen LogP contribution in [0.15, 0.2) is 34.9 Å². The summed E-state index contributed by atoms with van der Waals surface area (Å²) >= 11 is 10.5.